The zero-order valence-corrected chi connectivity index (χ0v) is 9.88. The zero-order valence-electron chi connectivity index (χ0n) is 8.31. The molecule has 0 fully saturated rings. The van der Waals surface area contributed by atoms with Crippen LogP contribution in [0.15, 0.2) is 28.5 Å². The average Bonchev–Trinajstić information content (AvgIpc) is 2.53. The molecule has 2 rings (SSSR count). The van der Waals surface area contributed by atoms with Gasteiger partial charge in [0.2, 0.25) is 0 Å². The second-order valence-electron chi connectivity index (χ2n) is 3.01. The van der Waals surface area contributed by atoms with E-state index in [-0.39, 0.29) is 0 Å². The molecule has 0 aromatic carbocycles. The SMILES string of the molecule is Cc1nnc(Sc2ccc(Cl)cn2)n1C. The van der Waals surface area contributed by atoms with Gasteiger partial charge in [0.15, 0.2) is 5.16 Å². The van der Waals surface area contributed by atoms with Gasteiger partial charge in [-0.25, -0.2) is 4.98 Å². The van der Waals surface area contributed by atoms with Crippen LogP contribution in [0, 0.1) is 6.92 Å². The zero-order chi connectivity index (χ0) is 10.8. The molecule has 4 nitrogen and oxygen atoms in total. The highest BCUT2D eigenvalue weighted by molar-refractivity contribution is 7.99. The fourth-order valence-corrected chi connectivity index (χ4v) is 1.88. The van der Waals surface area contributed by atoms with Crippen molar-refractivity contribution >= 4 is 23.4 Å². The van der Waals surface area contributed by atoms with E-state index in [2.05, 4.69) is 15.2 Å². The lowest BCUT2D eigenvalue weighted by Crippen LogP contribution is -1.93. The van der Waals surface area contributed by atoms with Gasteiger partial charge in [0.1, 0.15) is 10.9 Å². The molecule has 0 aliphatic heterocycles. The first-order valence-corrected chi connectivity index (χ1v) is 5.51. The van der Waals surface area contributed by atoms with E-state index in [9.17, 15) is 0 Å². The van der Waals surface area contributed by atoms with Crippen LogP contribution in [-0.2, 0) is 7.05 Å². The van der Waals surface area contributed by atoms with E-state index in [0.717, 1.165) is 16.0 Å². The molecule has 0 saturated carbocycles. The largest absolute Gasteiger partial charge is 0.309 e. The number of aryl methyl sites for hydroxylation is 1. The Morgan fingerprint density at radius 3 is 2.67 bits per heavy atom. The summed E-state index contributed by atoms with van der Waals surface area (Å²) in [5, 5.41) is 10.3. The third-order valence-corrected chi connectivity index (χ3v) is 3.16. The standard InChI is InChI=1S/C9H9ClN4S/c1-6-12-13-9(14(6)2)15-8-4-3-7(10)5-11-8/h3-5H,1-2H3. The summed E-state index contributed by atoms with van der Waals surface area (Å²) in [6, 6.07) is 3.66. The number of aromatic nitrogens is 4. The molecule has 15 heavy (non-hydrogen) atoms. The first kappa shape index (κ1) is 10.4. The summed E-state index contributed by atoms with van der Waals surface area (Å²) < 4.78 is 1.92. The number of halogens is 1. The van der Waals surface area contributed by atoms with E-state index in [1.165, 1.54) is 11.8 Å². The van der Waals surface area contributed by atoms with Crippen LogP contribution < -0.4 is 0 Å². The van der Waals surface area contributed by atoms with Gasteiger partial charge in [-0.2, -0.15) is 0 Å². The molecule has 0 N–H and O–H groups in total. The minimum atomic E-state index is 0.633. The molecule has 0 bridgehead atoms. The van der Waals surface area contributed by atoms with Crippen LogP contribution in [-0.4, -0.2) is 19.7 Å². The van der Waals surface area contributed by atoms with Crippen molar-refractivity contribution in [3.63, 3.8) is 0 Å². The van der Waals surface area contributed by atoms with Crippen molar-refractivity contribution in [1.29, 1.82) is 0 Å². The lowest BCUT2D eigenvalue weighted by molar-refractivity contribution is 0.764. The van der Waals surface area contributed by atoms with Crippen LogP contribution in [0.4, 0.5) is 0 Å². The molecule has 2 aromatic rings. The van der Waals surface area contributed by atoms with Gasteiger partial charge in [0.05, 0.1) is 5.02 Å². The van der Waals surface area contributed by atoms with Gasteiger partial charge < -0.3 is 4.57 Å². The van der Waals surface area contributed by atoms with Crippen molar-refractivity contribution < 1.29 is 0 Å². The molecule has 0 atom stereocenters. The van der Waals surface area contributed by atoms with Crippen LogP contribution in [0.2, 0.25) is 5.02 Å². The summed E-state index contributed by atoms with van der Waals surface area (Å²) >= 11 is 7.21. The number of nitrogens with zero attached hydrogens (tertiary/aromatic N) is 4. The fourth-order valence-electron chi connectivity index (χ4n) is 0.993. The van der Waals surface area contributed by atoms with Crippen LogP contribution in [0.25, 0.3) is 0 Å². The number of hydrogen-bond donors (Lipinski definition) is 0. The molecular formula is C9H9ClN4S. The van der Waals surface area contributed by atoms with Crippen LogP contribution in [0.5, 0.6) is 0 Å². The summed E-state index contributed by atoms with van der Waals surface area (Å²) in [5.74, 6) is 0.881. The van der Waals surface area contributed by atoms with Crippen molar-refractivity contribution in [2.45, 2.75) is 17.1 Å². The second kappa shape index (κ2) is 4.20. The minimum Gasteiger partial charge on any atom is -0.309 e. The Morgan fingerprint density at radius 1 is 1.33 bits per heavy atom. The molecule has 2 heterocycles. The van der Waals surface area contributed by atoms with Crippen LogP contribution >= 0.6 is 23.4 Å². The van der Waals surface area contributed by atoms with Gasteiger partial charge in [-0.3, -0.25) is 0 Å². The molecule has 0 unspecified atom stereocenters. The van der Waals surface area contributed by atoms with Gasteiger partial charge in [0, 0.05) is 13.2 Å². The van der Waals surface area contributed by atoms with Crippen LogP contribution in [0.3, 0.4) is 0 Å². The van der Waals surface area contributed by atoms with E-state index in [4.69, 9.17) is 11.6 Å². The topological polar surface area (TPSA) is 43.6 Å². The van der Waals surface area contributed by atoms with Gasteiger partial charge in [0.25, 0.3) is 0 Å². The molecule has 0 saturated heterocycles. The molecule has 2 aromatic heterocycles. The maximum atomic E-state index is 5.75. The fraction of sp³-hybridized carbons (Fsp3) is 0.222. The van der Waals surface area contributed by atoms with E-state index < -0.39 is 0 Å². The van der Waals surface area contributed by atoms with Gasteiger partial charge in [-0.05, 0) is 30.8 Å². The summed E-state index contributed by atoms with van der Waals surface area (Å²) in [6.45, 7) is 1.91. The number of hydrogen-bond acceptors (Lipinski definition) is 4. The first-order chi connectivity index (χ1) is 7.16. The lowest BCUT2D eigenvalue weighted by Gasteiger charge is -2.00. The highest BCUT2D eigenvalue weighted by atomic mass is 35.5. The van der Waals surface area contributed by atoms with Crippen molar-refractivity contribution in [2.24, 2.45) is 7.05 Å². The van der Waals surface area contributed by atoms with E-state index >= 15 is 0 Å². The maximum absolute atomic E-state index is 5.75. The Bertz CT molecular complexity index is 465. The Kier molecular flexibility index (Phi) is 2.93. The number of rotatable bonds is 2. The highest BCUT2D eigenvalue weighted by Crippen LogP contribution is 2.24. The van der Waals surface area contributed by atoms with E-state index in [1.807, 2.05) is 24.6 Å². The Morgan fingerprint density at radius 2 is 2.13 bits per heavy atom. The molecule has 0 aliphatic carbocycles. The molecular weight excluding hydrogens is 232 g/mol. The average molecular weight is 241 g/mol. The van der Waals surface area contributed by atoms with Crippen molar-refractivity contribution in [3.8, 4) is 0 Å². The summed E-state index contributed by atoms with van der Waals surface area (Å²) in [5.41, 5.74) is 0. The maximum Gasteiger partial charge on any atom is 0.197 e. The molecule has 6 heteroatoms. The smallest absolute Gasteiger partial charge is 0.197 e. The molecule has 0 amide bonds. The highest BCUT2D eigenvalue weighted by Gasteiger charge is 2.07. The lowest BCUT2D eigenvalue weighted by atomic mass is 10.5. The molecule has 78 valence electrons. The third-order valence-electron chi connectivity index (χ3n) is 1.95. The molecule has 0 radical (unpaired) electrons. The first-order valence-electron chi connectivity index (χ1n) is 4.32. The van der Waals surface area contributed by atoms with Gasteiger partial charge in [-0.1, -0.05) is 11.6 Å². The third kappa shape index (κ3) is 2.30. The Hall–Kier alpha value is -1.07. The van der Waals surface area contributed by atoms with Crippen LogP contribution in [0.1, 0.15) is 5.82 Å². The minimum absolute atomic E-state index is 0.633. The van der Waals surface area contributed by atoms with E-state index in [1.54, 1.807) is 12.3 Å². The van der Waals surface area contributed by atoms with Crippen molar-refractivity contribution in [1.82, 2.24) is 19.7 Å². The number of pyridine rings is 1. The van der Waals surface area contributed by atoms with Gasteiger partial charge >= 0.3 is 0 Å². The quantitative estimate of drug-likeness (QED) is 0.808. The normalized spacial score (nSPS) is 10.6. The second-order valence-corrected chi connectivity index (χ2v) is 4.43. The van der Waals surface area contributed by atoms with Crippen molar-refractivity contribution in [3.05, 3.63) is 29.2 Å². The monoisotopic (exact) mass is 240 g/mol. The predicted molar refractivity (Wildman–Crippen MR) is 59.1 cm³/mol. The summed E-state index contributed by atoms with van der Waals surface area (Å²) in [7, 11) is 1.92. The van der Waals surface area contributed by atoms with Crippen molar-refractivity contribution in [2.75, 3.05) is 0 Å². The van der Waals surface area contributed by atoms with E-state index in [0.29, 0.717) is 5.02 Å². The summed E-state index contributed by atoms with van der Waals surface area (Å²) in [4.78, 5) is 4.17. The summed E-state index contributed by atoms with van der Waals surface area (Å²) in [6.07, 6.45) is 1.62. The van der Waals surface area contributed by atoms with Gasteiger partial charge in [-0.15, -0.1) is 10.2 Å². The Labute approximate surface area is 96.7 Å². The predicted octanol–water partition coefficient (Wildman–Crippen LogP) is 2.32. The Balaban J connectivity index is 2.22. The molecule has 0 aliphatic rings. The molecule has 0 spiro atoms.